The summed E-state index contributed by atoms with van der Waals surface area (Å²) in [5.41, 5.74) is -0.157. The van der Waals surface area contributed by atoms with E-state index >= 15 is 0 Å². The van der Waals surface area contributed by atoms with Gasteiger partial charge in [0.05, 0.1) is 0 Å². The fourth-order valence-electron chi connectivity index (χ4n) is 3.11. The molecular formula is C14H22N2O. The van der Waals surface area contributed by atoms with E-state index in [1.165, 1.54) is 0 Å². The predicted molar refractivity (Wildman–Crippen MR) is 67.7 cm³/mol. The Bertz CT molecular complexity index is 420. The van der Waals surface area contributed by atoms with Crippen molar-refractivity contribution in [3.63, 3.8) is 0 Å². The third-order valence-corrected chi connectivity index (χ3v) is 4.16. The molecule has 1 aliphatic rings. The molecule has 1 fully saturated rings. The number of nitrogens with zero attached hydrogens (tertiary/aromatic N) is 2. The van der Waals surface area contributed by atoms with Crippen molar-refractivity contribution >= 4 is 5.78 Å². The van der Waals surface area contributed by atoms with Gasteiger partial charge >= 0.3 is 0 Å². The van der Waals surface area contributed by atoms with Gasteiger partial charge in [-0.2, -0.15) is 0 Å². The first-order chi connectivity index (χ1) is 7.93. The van der Waals surface area contributed by atoms with Crippen molar-refractivity contribution in [2.45, 2.75) is 45.4 Å². The topological polar surface area (TPSA) is 34.9 Å². The summed E-state index contributed by atoms with van der Waals surface area (Å²) in [5.74, 6) is 2.11. The minimum atomic E-state index is -0.157. The molecule has 1 aliphatic carbocycles. The van der Waals surface area contributed by atoms with E-state index in [-0.39, 0.29) is 11.3 Å². The average Bonchev–Trinajstić information content (AvgIpc) is 2.64. The van der Waals surface area contributed by atoms with Gasteiger partial charge in [0.2, 0.25) is 0 Å². The largest absolute Gasteiger partial charge is 0.338 e. The molecule has 0 saturated heterocycles. The number of hydrogen-bond acceptors (Lipinski definition) is 2. The Morgan fingerprint density at radius 3 is 2.65 bits per heavy atom. The van der Waals surface area contributed by atoms with Gasteiger partial charge in [-0.15, -0.1) is 0 Å². The zero-order chi connectivity index (χ0) is 12.6. The van der Waals surface area contributed by atoms with Crippen molar-refractivity contribution in [1.29, 1.82) is 0 Å². The highest BCUT2D eigenvalue weighted by Gasteiger charge is 2.41. The third-order valence-electron chi connectivity index (χ3n) is 4.16. The monoisotopic (exact) mass is 234 g/mol. The normalized spacial score (nSPS) is 26.2. The van der Waals surface area contributed by atoms with E-state index in [1.807, 2.05) is 24.0 Å². The van der Waals surface area contributed by atoms with Crippen LogP contribution in [0.2, 0.25) is 0 Å². The van der Waals surface area contributed by atoms with Crippen molar-refractivity contribution in [2.75, 3.05) is 0 Å². The first-order valence-electron chi connectivity index (χ1n) is 6.43. The van der Waals surface area contributed by atoms with E-state index in [0.29, 0.717) is 11.7 Å². The standard InChI is InChI=1S/C14H22N2O/c1-10-5-6-11(12(17)9-10)14(2,3)13-15-7-8-16(13)4/h7-8,10-11H,5-6,9H2,1-4H3. The van der Waals surface area contributed by atoms with Crippen LogP contribution in [-0.2, 0) is 17.3 Å². The van der Waals surface area contributed by atoms with E-state index in [0.717, 1.165) is 25.1 Å². The number of imidazole rings is 1. The third kappa shape index (κ3) is 2.15. The summed E-state index contributed by atoms with van der Waals surface area (Å²) in [5, 5.41) is 0. The maximum Gasteiger partial charge on any atom is 0.137 e. The second-order valence-electron chi connectivity index (χ2n) is 5.99. The van der Waals surface area contributed by atoms with E-state index < -0.39 is 0 Å². The van der Waals surface area contributed by atoms with E-state index in [1.54, 1.807) is 0 Å². The Labute approximate surface area is 103 Å². The van der Waals surface area contributed by atoms with Gasteiger partial charge in [0, 0.05) is 37.2 Å². The number of carbonyl (C=O) groups excluding carboxylic acids is 1. The molecule has 0 amide bonds. The van der Waals surface area contributed by atoms with E-state index in [2.05, 4.69) is 25.8 Å². The summed E-state index contributed by atoms with van der Waals surface area (Å²) in [7, 11) is 2.00. The number of ketones is 1. The molecule has 2 atom stereocenters. The molecule has 0 radical (unpaired) electrons. The summed E-state index contributed by atoms with van der Waals surface area (Å²) in [4.78, 5) is 16.6. The van der Waals surface area contributed by atoms with Crippen LogP contribution in [0.3, 0.4) is 0 Å². The minimum absolute atomic E-state index is 0.125. The molecule has 1 saturated carbocycles. The smallest absolute Gasteiger partial charge is 0.137 e. The van der Waals surface area contributed by atoms with Crippen molar-refractivity contribution < 1.29 is 4.79 Å². The number of hydrogen-bond donors (Lipinski definition) is 0. The first-order valence-corrected chi connectivity index (χ1v) is 6.43. The van der Waals surface area contributed by atoms with Crippen LogP contribution in [0.15, 0.2) is 12.4 Å². The van der Waals surface area contributed by atoms with Crippen LogP contribution in [0.1, 0.15) is 45.9 Å². The molecule has 1 aromatic rings. The van der Waals surface area contributed by atoms with Crippen molar-refractivity contribution in [3.8, 4) is 0 Å². The van der Waals surface area contributed by atoms with Gasteiger partial charge in [0.1, 0.15) is 11.6 Å². The molecule has 17 heavy (non-hydrogen) atoms. The maximum atomic E-state index is 12.2. The first kappa shape index (κ1) is 12.3. The van der Waals surface area contributed by atoms with Gasteiger partial charge in [0.15, 0.2) is 0 Å². The number of aryl methyl sites for hydroxylation is 1. The SMILES string of the molecule is CC1CCC(C(C)(C)c2nccn2C)C(=O)C1. The molecule has 2 rings (SSSR count). The quantitative estimate of drug-likeness (QED) is 0.788. The average molecular weight is 234 g/mol. The van der Waals surface area contributed by atoms with Crippen molar-refractivity contribution in [2.24, 2.45) is 18.9 Å². The minimum Gasteiger partial charge on any atom is -0.338 e. The number of aromatic nitrogens is 2. The molecule has 94 valence electrons. The van der Waals surface area contributed by atoms with E-state index in [9.17, 15) is 4.79 Å². The molecule has 0 aromatic carbocycles. The van der Waals surface area contributed by atoms with Crippen molar-refractivity contribution in [3.05, 3.63) is 18.2 Å². The lowest BCUT2D eigenvalue weighted by Crippen LogP contribution is -2.40. The zero-order valence-corrected chi connectivity index (χ0v) is 11.2. The summed E-state index contributed by atoms with van der Waals surface area (Å²) < 4.78 is 2.03. The van der Waals surface area contributed by atoms with Gasteiger partial charge in [-0.1, -0.05) is 20.8 Å². The highest BCUT2D eigenvalue weighted by atomic mass is 16.1. The number of rotatable bonds is 2. The molecular weight excluding hydrogens is 212 g/mol. The highest BCUT2D eigenvalue weighted by Crippen LogP contribution is 2.39. The lowest BCUT2D eigenvalue weighted by molar-refractivity contribution is -0.128. The summed E-state index contributed by atoms with van der Waals surface area (Å²) >= 11 is 0. The fraction of sp³-hybridized carbons (Fsp3) is 0.714. The molecule has 1 heterocycles. The Morgan fingerprint density at radius 1 is 1.41 bits per heavy atom. The second-order valence-corrected chi connectivity index (χ2v) is 5.99. The molecule has 3 heteroatoms. The Balaban J connectivity index is 2.27. The summed E-state index contributed by atoms with van der Waals surface area (Å²) in [6.45, 7) is 6.46. The lowest BCUT2D eigenvalue weighted by Gasteiger charge is -2.36. The van der Waals surface area contributed by atoms with Crippen molar-refractivity contribution in [1.82, 2.24) is 9.55 Å². The van der Waals surface area contributed by atoms with Gasteiger partial charge in [0.25, 0.3) is 0 Å². The molecule has 0 bridgehead atoms. The Morgan fingerprint density at radius 2 is 2.12 bits per heavy atom. The van der Waals surface area contributed by atoms with Crippen LogP contribution in [-0.4, -0.2) is 15.3 Å². The zero-order valence-electron chi connectivity index (χ0n) is 11.2. The van der Waals surface area contributed by atoms with Gasteiger partial charge in [-0.05, 0) is 18.8 Å². The lowest BCUT2D eigenvalue weighted by atomic mass is 9.68. The Hall–Kier alpha value is -1.12. The summed E-state index contributed by atoms with van der Waals surface area (Å²) in [6.07, 6.45) is 6.66. The van der Waals surface area contributed by atoms with Crippen LogP contribution in [0, 0.1) is 11.8 Å². The number of Topliss-reactive ketones (excluding diaryl/α,β-unsaturated/α-hetero) is 1. The fourth-order valence-corrected chi connectivity index (χ4v) is 3.11. The van der Waals surface area contributed by atoms with Gasteiger partial charge < -0.3 is 4.57 Å². The van der Waals surface area contributed by atoms with Crippen LogP contribution < -0.4 is 0 Å². The molecule has 0 spiro atoms. The van der Waals surface area contributed by atoms with E-state index in [4.69, 9.17) is 0 Å². The molecule has 3 nitrogen and oxygen atoms in total. The van der Waals surface area contributed by atoms with Crippen LogP contribution in [0.5, 0.6) is 0 Å². The maximum absolute atomic E-state index is 12.2. The number of carbonyl (C=O) groups is 1. The van der Waals surface area contributed by atoms with Crippen LogP contribution in [0.4, 0.5) is 0 Å². The van der Waals surface area contributed by atoms with Gasteiger partial charge in [-0.25, -0.2) is 4.98 Å². The van der Waals surface area contributed by atoms with Crippen LogP contribution >= 0.6 is 0 Å². The molecule has 2 unspecified atom stereocenters. The second kappa shape index (κ2) is 4.28. The molecule has 0 N–H and O–H groups in total. The Kier molecular flexibility index (Phi) is 3.11. The molecule has 1 aromatic heterocycles. The summed E-state index contributed by atoms with van der Waals surface area (Å²) in [6, 6.07) is 0. The highest BCUT2D eigenvalue weighted by molar-refractivity contribution is 5.83. The molecule has 0 aliphatic heterocycles. The van der Waals surface area contributed by atoms with Gasteiger partial charge in [-0.3, -0.25) is 4.79 Å². The predicted octanol–water partition coefficient (Wildman–Crippen LogP) is 2.70. The van der Waals surface area contributed by atoms with Crippen LogP contribution in [0.25, 0.3) is 0 Å².